The number of ether oxygens (including phenoxy) is 4. The quantitative estimate of drug-likeness (QED) is 0.391. The molecule has 1 aliphatic rings. The lowest BCUT2D eigenvalue weighted by atomic mass is 10.0. The van der Waals surface area contributed by atoms with E-state index in [1.807, 2.05) is 32.1 Å². The molecule has 1 aliphatic heterocycles. The van der Waals surface area contributed by atoms with E-state index in [-0.39, 0.29) is 5.91 Å². The van der Waals surface area contributed by atoms with E-state index in [1.54, 1.807) is 31.4 Å². The molecule has 0 atom stereocenters. The number of carbonyl (C=O) groups excluding carboxylic acids is 1. The van der Waals surface area contributed by atoms with Crippen molar-refractivity contribution in [1.29, 1.82) is 0 Å². The molecule has 0 saturated heterocycles. The van der Waals surface area contributed by atoms with Crippen molar-refractivity contribution >= 4 is 5.91 Å². The van der Waals surface area contributed by atoms with Gasteiger partial charge >= 0.3 is 0 Å². The summed E-state index contributed by atoms with van der Waals surface area (Å²) in [4.78, 5) is 23.7. The number of fused-ring (bicyclic) bond motifs is 1. The summed E-state index contributed by atoms with van der Waals surface area (Å²) in [6.07, 6.45) is 5.23. The van der Waals surface area contributed by atoms with Crippen LogP contribution >= 0.6 is 0 Å². The maximum Gasteiger partial charge on any atom is 0.260 e. The average Bonchev–Trinajstić information content (AvgIpc) is 3.13. The number of aromatic nitrogens is 2. The van der Waals surface area contributed by atoms with E-state index in [2.05, 4.69) is 11.6 Å². The third-order valence-electron chi connectivity index (χ3n) is 5.11. The van der Waals surface area contributed by atoms with Crippen LogP contribution in [0.1, 0.15) is 28.5 Å². The summed E-state index contributed by atoms with van der Waals surface area (Å²) < 4.78 is 21.5. The molecular formula is C24H29N3O5. The fourth-order valence-corrected chi connectivity index (χ4v) is 3.51. The second-order valence-corrected chi connectivity index (χ2v) is 7.14. The first-order valence-corrected chi connectivity index (χ1v) is 10.4. The molecule has 8 heteroatoms. The fourth-order valence-electron chi connectivity index (χ4n) is 3.51. The molecular weight excluding hydrogens is 410 g/mol. The average molecular weight is 440 g/mol. The number of nitrogens with zero attached hydrogens (tertiary/aromatic N) is 3. The van der Waals surface area contributed by atoms with Gasteiger partial charge in [-0.05, 0) is 37.6 Å². The summed E-state index contributed by atoms with van der Waals surface area (Å²) >= 11 is 0. The number of hydrogen-bond acceptors (Lipinski definition) is 7. The fraction of sp³-hybridized carbons (Fsp3) is 0.375. The third-order valence-corrected chi connectivity index (χ3v) is 5.11. The summed E-state index contributed by atoms with van der Waals surface area (Å²) in [6.45, 7) is 9.82. The summed E-state index contributed by atoms with van der Waals surface area (Å²) in [5.74, 6) is 0.825. The molecule has 2 aromatic heterocycles. The van der Waals surface area contributed by atoms with Gasteiger partial charge in [-0.25, -0.2) is 4.98 Å². The molecule has 0 saturated carbocycles. The van der Waals surface area contributed by atoms with Crippen molar-refractivity contribution < 1.29 is 23.7 Å². The predicted molar refractivity (Wildman–Crippen MR) is 121 cm³/mol. The lowest BCUT2D eigenvalue weighted by Gasteiger charge is -2.15. The SMILES string of the molecule is C=C/C(=C\C)N1Cc2nc(-c3cnc(OCCOCCOC)c(OC)c3)cc(C)c2C1=O. The largest absolute Gasteiger partial charge is 0.491 e. The van der Waals surface area contributed by atoms with Crippen molar-refractivity contribution in [3.8, 4) is 22.9 Å². The molecule has 32 heavy (non-hydrogen) atoms. The highest BCUT2D eigenvalue weighted by Crippen LogP contribution is 2.33. The van der Waals surface area contributed by atoms with Crippen LogP contribution in [0.25, 0.3) is 11.3 Å². The number of amides is 1. The second-order valence-electron chi connectivity index (χ2n) is 7.14. The van der Waals surface area contributed by atoms with Gasteiger partial charge in [0, 0.05) is 24.6 Å². The molecule has 0 bridgehead atoms. The van der Waals surface area contributed by atoms with Crippen LogP contribution in [0.15, 0.2) is 42.8 Å². The first-order valence-electron chi connectivity index (χ1n) is 10.4. The molecule has 3 rings (SSSR count). The van der Waals surface area contributed by atoms with Gasteiger partial charge < -0.3 is 23.8 Å². The van der Waals surface area contributed by atoms with Gasteiger partial charge in [-0.15, -0.1) is 0 Å². The molecule has 3 heterocycles. The van der Waals surface area contributed by atoms with Gasteiger partial charge in [-0.1, -0.05) is 12.7 Å². The van der Waals surface area contributed by atoms with Crippen LogP contribution in [0.2, 0.25) is 0 Å². The van der Waals surface area contributed by atoms with Gasteiger partial charge in [-0.3, -0.25) is 9.78 Å². The van der Waals surface area contributed by atoms with Gasteiger partial charge in [0.1, 0.15) is 6.61 Å². The molecule has 8 nitrogen and oxygen atoms in total. The van der Waals surface area contributed by atoms with Crippen LogP contribution in [0.4, 0.5) is 0 Å². The molecule has 0 radical (unpaired) electrons. The Morgan fingerprint density at radius 3 is 2.69 bits per heavy atom. The number of rotatable bonds is 11. The lowest BCUT2D eigenvalue weighted by Crippen LogP contribution is -2.22. The van der Waals surface area contributed by atoms with Crippen molar-refractivity contribution in [3.05, 3.63) is 59.6 Å². The van der Waals surface area contributed by atoms with Crippen molar-refractivity contribution in [2.45, 2.75) is 20.4 Å². The minimum Gasteiger partial charge on any atom is -0.491 e. The number of carbonyl (C=O) groups is 1. The van der Waals surface area contributed by atoms with Gasteiger partial charge in [0.15, 0.2) is 5.75 Å². The van der Waals surface area contributed by atoms with Crippen molar-refractivity contribution in [2.75, 3.05) is 40.6 Å². The van der Waals surface area contributed by atoms with E-state index in [9.17, 15) is 4.79 Å². The smallest absolute Gasteiger partial charge is 0.260 e. The molecule has 0 spiro atoms. The number of pyridine rings is 2. The molecule has 170 valence electrons. The molecule has 0 N–H and O–H groups in total. The molecule has 0 aliphatic carbocycles. The van der Waals surface area contributed by atoms with Gasteiger partial charge in [0.25, 0.3) is 11.8 Å². The molecule has 2 aromatic rings. The Kier molecular flexibility index (Phi) is 7.97. The predicted octanol–water partition coefficient (Wildman–Crippen LogP) is 3.55. The maximum atomic E-state index is 12.9. The van der Waals surface area contributed by atoms with Crippen molar-refractivity contribution in [2.24, 2.45) is 0 Å². The van der Waals surface area contributed by atoms with Crippen LogP contribution in [0.3, 0.4) is 0 Å². The maximum absolute atomic E-state index is 12.9. The van der Waals surface area contributed by atoms with E-state index in [1.165, 1.54) is 0 Å². The van der Waals surface area contributed by atoms with E-state index in [0.717, 1.165) is 28.2 Å². The number of aryl methyl sites for hydroxylation is 1. The minimum atomic E-state index is -0.0586. The van der Waals surface area contributed by atoms with E-state index >= 15 is 0 Å². The Balaban J connectivity index is 1.79. The van der Waals surface area contributed by atoms with Crippen molar-refractivity contribution in [3.63, 3.8) is 0 Å². The third kappa shape index (κ3) is 4.98. The summed E-state index contributed by atoms with van der Waals surface area (Å²) in [7, 11) is 3.19. The van der Waals surface area contributed by atoms with Gasteiger partial charge in [-0.2, -0.15) is 0 Å². The van der Waals surface area contributed by atoms with Crippen LogP contribution in [-0.4, -0.2) is 61.4 Å². The normalized spacial score (nSPS) is 13.3. The van der Waals surface area contributed by atoms with Crippen LogP contribution < -0.4 is 9.47 Å². The first kappa shape index (κ1) is 23.4. The van der Waals surface area contributed by atoms with Gasteiger partial charge in [0.2, 0.25) is 0 Å². The molecule has 1 amide bonds. The Morgan fingerprint density at radius 2 is 2.00 bits per heavy atom. The van der Waals surface area contributed by atoms with Crippen LogP contribution in [-0.2, 0) is 16.0 Å². The zero-order valence-electron chi connectivity index (χ0n) is 19.0. The Hall–Kier alpha value is -3.23. The highest BCUT2D eigenvalue weighted by molar-refractivity contribution is 6.00. The van der Waals surface area contributed by atoms with E-state index in [4.69, 9.17) is 23.9 Å². The Bertz CT molecular complexity index is 1020. The van der Waals surface area contributed by atoms with E-state index < -0.39 is 0 Å². The van der Waals surface area contributed by atoms with Crippen LogP contribution in [0.5, 0.6) is 11.6 Å². The van der Waals surface area contributed by atoms with Crippen molar-refractivity contribution in [1.82, 2.24) is 14.9 Å². The Labute approximate surface area is 188 Å². The summed E-state index contributed by atoms with van der Waals surface area (Å²) in [5.41, 5.74) is 4.51. The summed E-state index contributed by atoms with van der Waals surface area (Å²) in [5, 5.41) is 0. The number of allylic oxidation sites excluding steroid dienone is 2. The lowest BCUT2D eigenvalue weighted by molar-refractivity contribution is 0.0532. The number of methoxy groups -OCH3 is 2. The highest BCUT2D eigenvalue weighted by Gasteiger charge is 2.32. The first-order chi connectivity index (χ1) is 15.5. The molecule has 0 fully saturated rings. The Morgan fingerprint density at radius 1 is 1.22 bits per heavy atom. The summed E-state index contributed by atoms with van der Waals surface area (Å²) in [6, 6.07) is 3.72. The zero-order chi connectivity index (χ0) is 23.1. The topological polar surface area (TPSA) is 83.0 Å². The molecule has 0 aromatic carbocycles. The second kappa shape index (κ2) is 10.9. The monoisotopic (exact) mass is 439 g/mol. The van der Waals surface area contributed by atoms with Crippen LogP contribution in [0, 0.1) is 6.92 Å². The zero-order valence-corrected chi connectivity index (χ0v) is 19.0. The standard InChI is InChI=1S/C24H29N3O5/c1-6-18(7-2)27-15-20-22(24(27)28)16(3)12-19(26-20)17-13-21(30-5)23(25-14-17)32-11-10-31-9-8-29-4/h6-7,12-14H,1,8-11,15H2,2-5H3/b18-7+. The highest BCUT2D eigenvalue weighted by atomic mass is 16.6. The number of hydrogen-bond donors (Lipinski definition) is 0. The van der Waals surface area contributed by atoms with Gasteiger partial charge in [0.05, 0.1) is 50.4 Å². The van der Waals surface area contributed by atoms with E-state index in [0.29, 0.717) is 50.2 Å². The minimum absolute atomic E-state index is 0.0586. The molecule has 0 unspecified atom stereocenters.